The third-order valence-corrected chi connectivity index (χ3v) is 6.05. The maximum Gasteiger partial charge on any atom is 0.255 e. The lowest BCUT2D eigenvalue weighted by atomic mass is 10.1. The van der Waals surface area contributed by atoms with Crippen LogP contribution in [0.4, 0.5) is 11.5 Å². The minimum Gasteiger partial charge on any atom is -0.355 e. The number of amides is 1. The van der Waals surface area contributed by atoms with Crippen molar-refractivity contribution in [1.82, 2.24) is 9.88 Å². The first-order valence-corrected chi connectivity index (χ1v) is 10.9. The molecule has 150 valence electrons. The van der Waals surface area contributed by atoms with E-state index >= 15 is 0 Å². The topological polar surface area (TPSA) is 48.5 Å². The van der Waals surface area contributed by atoms with E-state index in [-0.39, 0.29) is 5.91 Å². The van der Waals surface area contributed by atoms with Crippen molar-refractivity contribution in [2.24, 2.45) is 0 Å². The first kappa shape index (κ1) is 19.6. The highest BCUT2D eigenvalue weighted by Crippen LogP contribution is 2.19. The van der Waals surface area contributed by atoms with E-state index in [9.17, 15) is 4.79 Å². The molecule has 1 aliphatic rings. The standard InChI is InChI=1S/C23H26N4OS/c1-18-5-7-19(8-6-18)23(28)25-20-9-10-22(24-16-20)27-12-3-11-26(13-14-27)17-21-4-2-15-29-21/h2,4-10,15-16H,3,11-14,17H2,1H3,(H,25,28). The number of carbonyl (C=O) groups excluding carboxylic acids is 1. The number of hydrogen-bond acceptors (Lipinski definition) is 5. The third kappa shape index (κ3) is 5.22. The van der Waals surface area contributed by atoms with Crippen LogP contribution in [0.25, 0.3) is 0 Å². The Morgan fingerprint density at radius 1 is 1.07 bits per heavy atom. The molecule has 1 N–H and O–H groups in total. The molecule has 29 heavy (non-hydrogen) atoms. The van der Waals surface area contributed by atoms with Crippen molar-refractivity contribution in [3.8, 4) is 0 Å². The Bertz CT molecular complexity index is 923. The summed E-state index contributed by atoms with van der Waals surface area (Å²) in [5.74, 6) is 0.856. The van der Waals surface area contributed by atoms with Gasteiger partial charge in [-0.2, -0.15) is 0 Å². The molecule has 6 heteroatoms. The first-order valence-electron chi connectivity index (χ1n) is 10.0. The zero-order valence-corrected chi connectivity index (χ0v) is 17.5. The number of aryl methyl sites for hydroxylation is 1. The monoisotopic (exact) mass is 406 g/mol. The molecule has 0 atom stereocenters. The molecule has 2 aromatic heterocycles. The fourth-order valence-electron chi connectivity index (χ4n) is 3.54. The van der Waals surface area contributed by atoms with Gasteiger partial charge >= 0.3 is 0 Å². The minimum atomic E-state index is -0.112. The van der Waals surface area contributed by atoms with E-state index in [1.807, 2.05) is 54.7 Å². The van der Waals surface area contributed by atoms with Gasteiger partial charge in [0, 0.05) is 43.2 Å². The summed E-state index contributed by atoms with van der Waals surface area (Å²) in [6, 6.07) is 15.8. The predicted molar refractivity (Wildman–Crippen MR) is 120 cm³/mol. The molecule has 1 fully saturated rings. The van der Waals surface area contributed by atoms with Gasteiger partial charge in [-0.15, -0.1) is 11.3 Å². The third-order valence-electron chi connectivity index (χ3n) is 5.19. The van der Waals surface area contributed by atoms with Crippen LogP contribution >= 0.6 is 11.3 Å². The zero-order chi connectivity index (χ0) is 20.1. The second-order valence-electron chi connectivity index (χ2n) is 7.42. The van der Waals surface area contributed by atoms with Gasteiger partial charge in [0.15, 0.2) is 0 Å². The predicted octanol–water partition coefficient (Wildman–Crippen LogP) is 4.42. The Hall–Kier alpha value is -2.70. The minimum absolute atomic E-state index is 0.112. The summed E-state index contributed by atoms with van der Waals surface area (Å²) in [5, 5.41) is 5.07. The second kappa shape index (κ2) is 9.20. The molecule has 1 aliphatic heterocycles. The van der Waals surface area contributed by atoms with Crippen LogP contribution < -0.4 is 10.2 Å². The highest BCUT2D eigenvalue weighted by Gasteiger charge is 2.16. The summed E-state index contributed by atoms with van der Waals surface area (Å²) >= 11 is 1.82. The number of carbonyl (C=O) groups is 1. The average Bonchev–Trinajstić information content (AvgIpc) is 3.13. The number of anilines is 2. The Kier molecular flexibility index (Phi) is 6.22. The number of rotatable bonds is 5. The molecular weight excluding hydrogens is 380 g/mol. The number of thiophene rings is 1. The lowest BCUT2D eigenvalue weighted by molar-refractivity contribution is 0.102. The number of pyridine rings is 1. The lowest BCUT2D eigenvalue weighted by Crippen LogP contribution is -2.30. The van der Waals surface area contributed by atoms with Crippen molar-refractivity contribution in [2.45, 2.75) is 19.9 Å². The van der Waals surface area contributed by atoms with Crippen LogP contribution in [0.1, 0.15) is 27.2 Å². The summed E-state index contributed by atoms with van der Waals surface area (Å²) in [7, 11) is 0. The van der Waals surface area contributed by atoms with Gasteiger partial charge < -0.3 is 10.2 Å². The number of nitrogens with zero attached hydrogens (tertiary/aromatic N) is 3. The van der Waals surface area contributed by atoms with Gasteiger partial charge in [0.05, 0.1) is 11.9 Å². The number of nitrogens with one attached hydrogen (secondary N) is 1. The second-order valence-corrected chi connectivity index (χ2v) is 8.45. The summed E-state index contributed by atoms with van der Waals surface area (Å²) < 4.78 is 0. The Morgan fingerprint density at radius 2 is 1.93 bits per heavy atom. The van der Waals surface area contributed by atoms with Crippen molar-refractivity contribution >= 4 is 28.7 Å². The van der Waals surface area contributed by atoms with Crippen LogP contribution in [0.5, 0.6) is 0 Å². The average molecular weight is 407 g/mol. The molecule has 0 spiro atoms. The quantitative estimate of drug-likeness (QED) is 0.682. The van der Waals surface area contributed by atoms with Crippen LogP contribution in [0, 0.1) is 6.92 Å². The Labute approximate surface area is 176 Å². The summed E-state index contributed by atoms with van der Waals surface area (Å²) in [4.78, 5) is 23.2. The van der Waals surface area contributed by atoms with Gasteiger partial charge in [-0.1, -0.05) is 23.8 Å². The first-order chi connectivity index (χ1) is 14.2. The molecule has 0 radical (unpaired) electrons. The maximum atomic E-state index is 12.4. The largest absolute Gasteiger partial charge is 0.355 e. The summed E-state index contributed by atoms with van der Waals surface area (Å²) in [5.41, 5.74) is 2.51. The van der Waals surface area contributed by atoms with E-state index < -0.39 is 0 Å². The SMILES string of the molecule is Cc1ccc(C(=O)Nc2ccc(N3CCCN(Cc4cccs4)CC3)nc2)cc1. The van der Waals surface area contributed by atoms with Crippen LogP contribution in [-0.4, -0.2) is 42.0 Å². The van der Waals surface area contributed by atoms with E-state index in [1.165, 1.54) is 4.88 Å². The van der Waals surface area contributed by atoms with Crippen molar-refractivity contribution in [3.05, 3.63) is 76.1 Å². The van der Waals surface area contributed by atoms with Crippen LogP contribution in [0.3, 0.4) is 0 Å². The van der Waals surface area contributed by atoms with E-state index in [4.69, 9.17) is 0 Å². The lowest BCUT2D eigenvalue weighted by Gasteiger charge is -2.22. The molecule has 5 nitrogen and oxygen atoms in total. The van der Waals surface area contributed by atoms with Crippen LogP contribution in [0.15, 0.2) is 60.1 Å². The van der Waals surface area contributed by atoms with Crippen LogP contribution in [-0.2, 0) is 6.54 Å². The molecule has 1 amide bonds. The number of hydrogen-bond donors (Lipinski definition) is 1. The normalized spacial score (nSPS) is 15.1. The molecule has 1 aromatic carbocycles. The summed E-state index contributed by atoms with van der Waals surface area (Å²) in [6.07, 6.45) is 2.87. The van der Waals surface area contributed by atoms with E-state index in [0.717, 1.165) is 50.5 Å². The van der Waals surface area contributed by atoms with Gasteiger partial charge in [-0.25, -0.2) is 4.98 Å². The highest BCUT2D eigenvalue weighted by atomic mass is 32.1. The van der Waals surface area contributed by atoms with Gasteiger partial charge in [0.1, 0.15) is 5.82 Å². The number of benzene rings is 1. The summed E-state index contributed by atoms with van der Waals surface area (Å²) in [6.45, 7) is 7.15. The molecular formula is C23H26N4OS. The van der Waals surface area contributed by atoms with Gasteiger partial charge in [0.25, 0.3) is 5.91 Å². The smallest absolute Gasteiger partial charge is 0.255 e. The van der Waals surface area contributed by atoms with Gasteiger partial charge in [-0.3, -0.25) is 9.69 Å². The van der Waals surface area contributed by atoms with E-state index in [0.29, 0.717) is 11.3 Å². The fourth-order valence-corrected chi connectivity index (χ4v) is 4.28. The van der Waals surface area contributed by atoms with Crippen molar-refractivity contribution in [1.29, 1.82) is 0 Å². The van der Waals surface area contributed by atoms with Crippen molar-refractivity contribution in [2.75, 3.05) is 36.4 Å². The molecule has 3 heterocycles. The van der Waals surface area contributed by atoms with Gasteiger partial charge in [0.2, 0.25) is 0 Å². The van der Waals surface area contributed by atoms with Gasteiger partial charge in [-0.05, 0) is 49.1 Å². The fraction of sp³-hybridized carbons (Fsp3) is 0.304. The molecule has 0 saturated carbocycles. The Morgan fingerprint density at radius 3 is 2.66 bits per heavy atom. The molecule has 0 aliphatic carbocycles. The van der Waals surface area contributed by atoms with E-state index in [1.54, 1.807) is 6.20 Å². The highest BCUT2D eigenvalue weighted by molar-refractivity contribution is 7.09. The molecule has 0 unspecified atom stereocenters. The Balaban J connectivity index is 1.33. The van der Waals surface area contributed by atoms with Crippen LogP contribution in [0.2, 0.25) is 0 Å². The molecule has 1 saturated heterocycles. The molecule has 0 bridgehead atoms. The maximum absolute atomic E-state index is 12.4. The van der Waals surface area contributed by atoms with E-state index in [2.05, 4.69) is 37.6 Å². The molecule has 3 aromatic rings. The molecule has 4 rings (SSSR count). The van der Waals surface area contributed by atoms with Crippen molar-refractivity contribution in [3.63, 3.8) is 0 Å². The zero-order valence-electron chi connectivity index (χ0n) is 16.7. The number of aromatic nitrogens is 1. The van der Waals surface area contributed by atoms with Crippen molar-refractivity contribution < 1.29 is 4.79 Å².